The zero-order valence-corrected chi connectivity index (χ0v) is 5.50. The molecule has 1 aromatic rings. The number of H-pyrrole nitrogens is 1. The van der Waals surface area contributed by atoms with Crippen LogP contribution in [0, 0.1) is 0 Å². The van der Waals surface area contributed by atoms with Crippen LogP contribution >= 0.6 is 0 Å². The summed E-state index contributed by atoms with van der Waals surface area (Å²) in [5.74, 6) is 0.269. The Morgan fingerprint density at radius 1 is 1.55 bits per heavy atom. The van der Waals surface area contributed by atoms with Crippen LogP contribution in [-0.2, 0) is 11.3 Å². The highest BCUT2D eigenvalue weighted by Gasteiger charge is 2.03. The van der Waals surface area contributed by atoms with E-state index in [2.05, 4.69) is 25.4 Å². The highest BCUT2D eigenvalue weighted by Crippen LogP contribution is 1.95. The van der Waals surface area contributed by atoms with Crippen LogP contribution in [0.1, 0.15) is 5.82 Å². The van der Waals surface area contributed by atoms with E-state index in [4.69, 9.17) is 0 Å². The molecule has 5 nitrogen and oxygen atoms in total. The van der Waals surface area contributed by atoms with Crippen molar-refractivity contribution in [2.24, 2.45) is 0 Å². The van der Waals surface area contributed by atoms with Crippen LogP contribution in [0.2, 0.25) is 0 Å². The second kappa shape index (κ2) is 3.91. The normalized spacial score (nSPS) is 10.8. The maximum Gasteiger partial charge on any atom is 0.261 e. The topological polar surface area (TPSA) is 63.7 Å². The first kappa shape index (κ1) is 7.99. The van der Waals surface area contributed by atoms with E-state index in [0.29, 0.717) is 0 Å². The van der Waals surface area contributed by atoms with Crippen molar-refractivity contribution in [2.45, 2.75) is 13.0 Å². The molecular formula is C4H6F2N4O. The van der Waals surface area contributed by atoms with Crippen molar-refractivity contribution >= 4 is 0 Å². The molecule has 0 aliphatic carbocycles. The molecule has 0 radical (unpaired) electrons. The molecule has 0 aromatic carbocycles. The van der Waals surface area contributed by atoms with Crippen LogP contribution in [0.25, 0.3) is 0 Å². The van der Waals surface area contributed by atoms with Crippen LogP contribution in [0.3, 0.4) is 0 Å². The van der Waals surface area contributed by atoms with E-state index in [1.165, 1.54) is 0 Å². The molecule has 1 N–H and O–H groups in total. The molecule has 1 aromatic heterocycles. The van der Waals surface area contributed by atoms with E-state index in [1.807, 2.05) is 0 Å². The van der Waals surface area contributed by atoms with Gasteiger partial charge < -0.3 is 4.74 Å². The molecule has 0 bridgehead atoms. The summed E-state index contributed by atoms with van der Waals surface area (Å²) in [7, 11) is 0. The van der Waals surface area contributed by atoms with Gasteiger partial charge in [0.05, 0.1) is 0 Å². The van der Waals surface area contributed by atoms with Crippen molar-refractivity contribution in [3.8, 4) is 0 Å². The first-order valence-electron chi connectivity index (χ1n) is 2.87. The lowest BCUT2D eigenvalue weighted by molar-refractivity contribution is 0.00769. The number of tetrazole rings is 1. The minimum absolute atomic E-state index is 0.0408. The molecule has 0 amide bonds. The summed E-state index contributed by atoms with van der Waals surface area (Å²) < 4.78 is 27.5. The Balaban J connectivity index is 2.14. The summed E-state index contributed by atoms with van der Waals surface area (Å²) in [6.45, 7) is -0.643. The van der Waals surface area contributed by atoms with E-state index < -0.39 is 13.0 Å². The van der Waals surface area contributed by atoms with Crippen molar-refractivity contribution < 1.29 is 13.5 Å². The van der Waals surface area contributed by atoms with Crippen LogP contribution in [0.4, 0.5) is 8.78 Å². The molecule has 7 heteroatoms. The maximum atomic E-state index is 11.5. The van der Waals surface area contributed by atoms with Gasteiger partial charge in [0.1, 0.15) is 13.2 Å². The predicted octanol–water partition coefficient (Wildman–Crippen LogP) is -0.0186. The first-order chi connectivity index (χ1) is 5.29. The number of nitrogens with one attached hydrogen (secondary N) is 1. The zero-order chi connectivity index (χ0) is 8.10. The van der Waals surface area contributed by atoms with E-state index in [1.54, 1.807) is 0 Å². The smallest absolute Gasteiger partial charge is 0.261 e. The molecule has 0 spiro atoms. The summed E-state index contributed by atoms with van der Waals surface area (Å²) in [4.78, 5) is 0. The van der Waals surface area contributed by atoms with Gasteiger partial charge in [-0.25, -0.2) is 8.78 Å². The van der Waals surface area contributed by atoms with Crippen molar-refractivity contribution in [1.82, 2.24) is 20.6 Å². The standard InChI is InChI=1S/C4H6F2N4O/c5-3(6)1-11-2-4-7-9-10-8-4/h3H,1-2H2,(H,7,8,9,10). The predicted molar refractivity (Wildman–Crippen MR) is 29.8 cm³/mol. The number of ether oxygens (including phenoxy) is 1. The van der Waals surface area contributed by atoms with Crippen LogP contribution < -0.4 is 0 Å². The van der Waals surface area contributed by atoms with Gasteiger partial charge in [-0.2, -0.15) is 5.21 Å². The van der Waals surface area contributed by atoms with Crippen LogP contribution in [0.5, 0.6) is 0 Å². The van der Waals surface area contributed by atoms with Gasteiger partial charge in [0.15, 0.2) is 5.82 Å². The highest BCUT2D eigenvalue weighted by atomic mass is 19.3. The number of hydrogen-bond acceptors (Lipinski definition) is 4. The number of alkyl halides is 2. The molecule has 11 heavy (non-hydrogen) atoms. The van der Waals surface area contributed by atoms with Gasteiger partial charge in [-0.05, 0) is 0 Å². The van der Waals surface area contributed by atoms with Crippen molar-refractivity contribution in [3.05, 3.63) is 5.82 Å². The number of nitrogens with zero attached hydrogens (tertiary/aromatic N) is 3. The van der Waals surface area contributed by atoms with Crippen LogP contribution in [0.15, 0.2) is 0 Å². The number of rotatable bonds is 4. The molecule has 1 rings (SSSR count). The number of aromatic nitrogens is 4. The zero-order valence-electron chi connectivity index (χ0n) is 5.50. The van der Waals surface area contributed by atoms with Crippen LogP contribution in [-0.4, -0.2) is 33.7 Å². The highest BCUT2D eigenvalue weighted by molar-refractivity contribution is 4.69. The lowest BCUT2D eigenvalue weighted by Crippen LogP contribution is -2.04. The average molecular weight is 164 g/mol. The summed E-state index contributed by atoms with van der Waals surface area (Å²) >= 11 is 0. The Morgan fingerprint density at radius 3 is 2.91 bits per heavy atom. The average Bonchev–Trinajstić information content (AvgIpc) is 2.39. The van der Waals surface area contributed by atoms with Crippen molar-refractivity contribution in [1.29, 1.82) is 0 Å². The second-order valence-electron chi connectivity index (χ2n) is 1.73. The SMILES string of the molecule is FC(F)COCc1nn[nH]n1. The Morgan fingerprint density at radius 2 is 2.36 bits per heavy atom. The minimum atomic E-state index is -2.46. The fourth-order valence-electron chi connectivity index (χ4n) is 0.483. The van der Waals surface area contributed by atoms with E-state index in [-0.39, 0.29) is 12.4 Å². The van der Waals surface area contributed by atoms with Gasteiger partial charge in [0.25, 0.3) is 6.43 Å². The molecule has 0 saturated carbocycles. The van der Waals surface area contributed by atoms with Gasteiger partial charge in [-0.3, -0.25) is 0 Å². The van der Waals surface area contributed by atoms with Gasteiger partial charge in [0, 0.05) is 0 Å². The molecule has 0 saturated heterocycles. The first-order valence-corrected chi connectivity index (χ1v) is 2.87. The lowest BCUT2D eigenvalue weighted by Gasteiger charge is -1.97. The quantitative estimate of drug-likeness (QED) is 0.679. The number of halogens is 2. The molecule has 0 fully saturated rings. The lowest BCUT2D eigenvalue weighted by atomic mass is 10.6. The van der Waals surface area contributed by atoms with Gasteiger partial charge >= 0.3 is 0 Å². The molecule has 62 valence electrons. The van der Waals surface area contributed by atoms with E-state index >= 15 is 0 Å². The third-order valence-electron chi connectivity index (χ3n) is 0.864. The third-order valence-corrected chi connectivity index (χ3v) is 0.864. The summed E-state index contributed by atoms with van der Waals surface area (Å²) in [5, 5.41) is 12.4. The van der Waals surface area contributed by atoms with Gasteiger partial charge in [0.2, 0.25) is 0 Å². The van der Waals surface area contributed by atoms with E-state index in [9.17, 15) is 8.78 Å². The molecule has 0 aliphatic rings. The molecule has 1 heterocycles. The van der Waals surface area contributed by atoms with Gasteiger partial charge in [-0.1, -0.05) is 5.21 Å². The van der Waals surface area contributed by atoms with Crippen molar-refractivity contribution in [2.75, 3.05) is 6.61 Å². The summed E-state index contributed by atoms with van der Waals surface area (Å²) in [6, 6.07) is 0. The maximum absolute atomic E-state index is 11.5. The van der Waals surface area contributed by atoms with E-state index in [0.717, 1.165) is 0 Å². The molecule has 0 atom stereocenters. The Hall–Kier alpha value is -1.11. The molecular weight excluding hydrogens is 158 g/mol. The second-order valence-corrected chi connectivity index (χ2v) is 1.73. The Labute approximate surface area is 60.7 Å². The van der Waals surface area contributed by atoms with Gasteiger partial charge in [-0.15, -0.1) is 10.2 Å². The number of aromatic amines is 1. The minimum Gasteiger partial charge on any atom is -0.367 e. The Bertz CT molecular complexity index is 190. The Kier molecular flexibility index (Phi) is 2.84. The fourth-order valence-corrected chi connectivity index (χ4v) is 0.483. The summed E-state index contributed by atoms with van der Waals surface area (Å²) in [6.07, 6.45) is -2.46. The largest absolute Gasteiger partial charge is 0.367 e. The van der Waals surface area contributed by atoms with Crippen molar-refractivity contribution in [3.63, 3.8) is 0 Å². The third kappa shape index (κ3) is 2.99. The monoisotopic (exact) mass is 164 g/mol. The number of hydrogen-bond donors (Lipinski definition) is 1. The summed E-state index contributed by atoms with van der Waals surface area (Å²) in [5.41, 5.74) is 0. The molecule has 0 aliphatic heterocycles. The molecule has 0 unspecified atom stereocenters. The fraction of sp³-hybridized carbons (Fsp3) is 0.750.